The summed E-state index contributed by atoms with van der Waals surface area (Å²) in [5.41, 5.74) is 12.4. The van der Waals surface area contributed by atoms with Gasteiger partial charge in [-0.05, 0) is 36.5 Å². The Labute approximate surface area is 224 Å². The first kappa shape index (κ1) is 30.8. The number of nitrogens with zero attached hydrogens (tertiary/aromatic N) is 1. The Balaban J connectivity index is 2.10. The van der Waals surface area contributed by atoms with E-state index in [0.717, 1.165) is 0 Å². The van der Waals surface area contributed by atoms with Crippen LogP contribution in [0.1, 0.15) is 37.9 Å². The number of amides is 4. The van der Waals surface area contributed by atoms with Crippen molar-refractivity contribution >= 4 is 29.6 Å². The number of nitrogens with one attached hydrogen (secondary N) is 4. The van der Waals surface area contributed by atoms with Crippen LogP contribution < -0.4 is 27.4 Å². The number of carbonyl (C=O) groups excluding carboxylic acids is 4. The van der Waals surface area contributed by atoms with Crippen LogP contribution in [-0.2, 0) is 36.8 Å². The number of primary amides is 1. The number of H-pyrrole nitrogens is 1. The fraction of sp³-hybridized carbons (Fsp3) is 0.440. The molecule has 0 radical (unpaired) electrons. The minimum Gasteiger partial charge on any atom is -0.508 e. The van der Waals surface area contributed by atoms with E-state index in [1.807, 2.05) is 0 Å². The van der Waals surface area contributed by atoms with Crippen molar-refractivity contribution < 1.29 is 34.2 Å². The molecule has 2 aromatic rings. The van der Waals surface area contributed by atoms with Gasteiger partial charge in [0, 0.05) is 24.7 Å². The van der Waals surface area contributed by atoms with Crippen LogP contribution in [0.15, 0.2) is 36.8 Å². The van der Waals surface area contributed by atoms with Gasteiger partial charge in [0.15, 0.2) is 0 Å². The van der Waals surface area contributed by atoms with E-state index in [9.17, 15) is 34.2 Å². The highest BCUT2D eigenvalue weighted by Gasteiger charge is 2.32. The summed E-state index contributed by atoms with van der Waals surface area (Å²) >= 11 is 0. The molecular formula is C25H35N7O7. The second-order valence-corrected chi connectivity index (χ2v) is 9.45. The predicted octanol–water partition coefficient (Wildman–Crippen LogP) is -1.31. The molecule has 0 aliphatic rings. The molecule has 4 atom stereocenters. The van der Waals surface area contributed by atoms with Crippen molar-refractivity contribution in [2.45, 2.75) is 63.7 Å². The second-order valence-electron chi connectivity index (χ2n) is 9.45. The number of aromatic hydroxyl groups is 1. The quantitative estimate of drug-likeness (QED) is 0.132. The highest BCUT2D eigenvalue weighted by molar-refractivity contribution is 5.94. The van der Waals surface area contributed by atoms with Gasteiger partial charge in [-0.1, -0.05) is 26.0 Å². The van der Waals surface area contributed by atoms with Crippen molar-refractivity contribution in [1.29, 1.82) is 0 Å². The predicted molar refractivity (Wildman–Crippen MR) is 139 cm³/mol. The molecule has 2 rings (SSSR count). The van der Waals surface area contributed by atoms with Crippen LogP contribution in [0.2, 0.25) is 0 Å². The van der Waals surface area contributed by atoms with Crippen LogP contribution in [0.5, 0.6) is 5.75 Å². The zero-order valence-corrected chi connectivity index (χ0v) is 21.7. The van der Waals surface area contributed by atoms with Crippen LogP contribution in [0.4, 0.5) is 0 Å². The molecule has 14 nitrogen and oxygen atoms in total. The lowest BCUT2D eigenvalue weighted by Gasteiger charge is -2.27. The van der Waals surface area contributed by atoms with Gasteiger partial charge < -0.3 is 42.6 Å². The molecule has 212 valence electrons. The fourth-order valence-electron chi connectivity index (χ4n) is 3.68. The summed E-state index contributed by atoms with van der Waals surface area (Å²) < 4.78 is 0. The van der Waals surface area contributed by atoms with Crippen molar-refractivity contribution in [2.75, 3.05) is 0 Å². The van der Waals surface area contributed by atoms with E-state index < -0.39 is 59.7 Å². The molecule has 14 heteroatoms. The van der Waals surface area contributed by atoms with Crippen molar-refractivity contribution in [3.8, 4) is 5.75 Å². The maximum atomic E-state index is 13.2. The van der Waals surface area contributed by atoms with Gasteiger partial charge in [-0.25, -0.2) is 9.78 Å². The highest BCUT2D eigenvalue weighted by atomic mass is 16.4. The minimum atomic E-state index is -1.34. The molecule has 4 unspecified atom stereocenters. The summed E-state index contributed by atoms with van der Waals surface area (Å²) in [7, 11) is 0. The Hall–Kier alpha value is -4.46. The number of hydrogen-bond acceptors (Lipinski definition) is 8. The van der Waals surface area contributed by atoms with Gasteiger partial charge in [0.25, 0.3) is 0 Å². The maximum absolute atomic E-state index is 13.2. The number of phenols is 1. The van der Waals surface area contributed by atoms with Gasteiger partial charge in [-0.15, -0.1) is 0 Å². The van der Waals surface area contributed by atoms with Gasteiger partial charge in [0.05, 0.1) is 12.4 Å². The van der Waals surface area contributed by atoms with Crippen molar-refractivity contribution in [2.24, 2.45) is 17.4 Å². The van der Waals surface area contributed by atoms with E-state index >= 15 is 0 Å². The monoisotopic (exact) mass is 545 g/mol. The van der Waals surface area contributed by atoms with Gasteiger partial charge in [-0.2, -0.15) is 0 Å². The van der Waals surface area contributed by atoms with Crippen LogP contribution >= 0.6 is 0 Å². The Kier molecular flexibility index (Phi) is 11.4. The third-order valence-corrected chi connectivity index (χ3v) is 5.88. The van der Waals surface area contributed by atoms with E-state index in [1.165, 1.54) is 24.7 Å². The van der Waals surface area contributed by atoms with Gasteiger partial charge in [-0.3, -0.25) is 19.2 Å². The van der Waals surface area contributed by atoms with Crippen LogP contribution in [0.3, 0.4) is 0 Å². The number of aromatic amines is 1. The van der Waals surface area contributed by atoms with Crippen molar-refractivity contribution in [3.63, 3.8) is 0 Å². The molecule has 4 amide bonds. The summed E-state index contributed by atoms with van der Waals surface area (Å²) in [6.45, 7) is 3.36. The van der Waals surface area contributed by atoms with E-state index in [4.69, 9.17) is 11.5 Å². The average Bonchev–Trinajstić information content (AvgIpc) is 3.38. The zero-order valence-electron chi connectivity index (χ0n) is 21.7. The van der Waals surface area contributed by atoms with Crippen molar-refractivity contribution in [3.05, 3.63) is 48.0 Å². The first-order chi connectivity index (χ1) is 18.4. The number of benzene rings is 1. The standard InChI is InChI=1S/C25H35N7O7/c1-13(2)21(32-22(35)17(26)9-14-3-5-16(33)6-4-14)24(37)30-18(7-8-20(27)34)23(36)31-19(25(38)39)10-15-11-28-12-29-15/h3-6,11-13,17-19,21,33H,7-10,26H2,1-2H3,(H2,27,34)(H,28,29)(H,30,37)(H,31,36)(H,32,35)(H,38,39). The number of aromatic nitrogens is 2. The normalized spacial score (nSPS) is 14.1. The third kappa shape index (κ3) is 10.1. The average molecular weight is 546 g/mol. The maximum Gasteiger partial charge on any atom is 0.326 e. The minimum absolute atomic E-state index is 0.0687. The second kappa shape index (κ2) is 14.5. The van der Waals surface area contributed by atoms with E-state index in [0.29, 0.717) is 11.3 Å². The number of carboxylic acids is 1. The van der Waals surface area contributed by atoms with E-state index in [1.54, 1.807) is 26.0 Å². The summed E-state index contributed by atoms with van der Waals surface area (Å²) in [6, 6.07) is 1.42. The number of rotatable bonds is 15. The molecule has 0 saturated heterocycles. The fourth-order valence-corrected chi connectivity index (χ4v) is 3.68. The zero-order chi connectivity index (χ0) is 29.1. The SMILES string of the molecule is CC(C)C(NC(=O)C(N)Cc1ccc(O)cc1)C(=O)NC(CCC(N)=O)C(=O)NC(Cc1cnc[nH]1)C(=O)O. The van der Waals surface area contributed by atoms with Crippen LogP contribution in [-0.4, -0.2) is 73.9 Å². The lowest BCUT2D eigenvalue weighted by Crippen LogP contribution is -2.58. The molecule has 10 N–H and O–H groups in total. The summed E-state index contributed by atoms with van der Waals surface area (Å²) in [4.78, 5) is 68.6. The van der Waals surface area contributed by atoms with Crippen molar-refractivity contribution in [1.82, 2.24) is 25.9 Å². The molecule has 1 aromatic carbocycles. The van der Waals surface area contributed by atoms with E-state index in [2.05, 4.69) is 25.9 Å². The Bertz CT molecular complexity index is 1140. The molecule has 1 aromatic heterocycles. The first-order valence-electron chi connectivity index (χ1n) is 12.3. The van der Waals surface area contributed by atoms with Gasteiger partial charge in [0.1, 0.15) is 23.9 Å². The number of carbonyl (C=O) groups is 5. The highest BCUT2D eigenvalue weighted by Crippen LogP contribution is 2.12. The number of aliphatic carboxylic acids is 1. The van der Waals surface area contributed by atoms with Gasteiger partial charge >= 0.3 is 5.97 Å². The molecule has 1 heterocycles. The third-order valence-electron chi connectivity index (χ3n) is 5.88. The molecule has 0 spiro atoms. The molecule has 0 bridgehead atoms. The molecule has 0 fully saturated rings. The summed E-state index contributed by atoms with van der Waals surface area (Å²) in [5.74, 6) is -4.55. The number of nitrogens with two attached hydrogens (primary N) is 2. The number of imidazole rings is 1. The number of phenolic OH excluding ortho intramolecular Hbond substituents is 1. The Morgan fingerprint density at radius 3 is 2.13 bits per heavy atom. The van der Waals surface area contributed by atoms with E-state index in [-0.39, 0.29) is 31.4 Å². The lowest BCUT2D eigenvalue weighted by molar-refractivity contribution is -0.142. The largest absolute Gasteiger partial charge is 0.508 e. The molecule has 0 saturated carbocycles. The molecule has 0 aliphatic heterocycles. The Morgan fingerprint density at radius 2 is 1.59 bits per heavy atom. The lowest BCUT2D eigenvalue weighted by atomic mass is 10.00. The van der Waals surface area contributed by atoms with Gasteiger partial charge in [0.2, 0.25) is 23.6 Å². The topological polar surface area (TPSA) is 243 Å². The molecular weight excluding hydrogens is 510 g/mol. The van der Waals surface area contributed by atoms with Crippen LogP contribution in [0, 0.1) is 5.92 Å². The smallest absolute Gasteiger partial charge is 0.326 e. The molecule has 0 aliphatic carbocycles. The molecule has 39 heavy (non-hydrogen) atoms. The number of carboxylic acid groups (broad SMARTS) is 1. The first-order valence-corrected chi connectivity index (χ1v) is 12.3. The summed E-state index contributed by atoms with van der Waals surface area (Å²) in [6.07, 6.45) is 2.38. The number of hydrogen-bond donors (Lipinski definition) is 8. The Morgan fingerprint density at radius 1 is 0.949 bits per heavy atom. The summed E-state index contributed by atoms with van der Waals surface area (Å²) in [5, 5.41) is 26.4. The van der Waals surface area contributed by atoms with Crippen LogP contribution in [0.25, 0.3) is 0 Å².